The number of aromatic hydroxyl groups is 1. The fourth-order valence-electron chi connectivity index (χ4n) is 8.16. The predicted molar refractivity (Wildman–Crippen MR) is 217 cm³/mol. The van der Waals surface area contributed by atoms with Gasteiger partial charge in [-0.2, -0.15) is 0 Å². The first kappa shape index (κ1) is 42.0. The number of hydrogen-bond acceptors (Lipinski definition) is 11. The van der Waals surface area contributed by atoms with Gasteiger partial charge in [0.05, 0.1) is 44.0 Å². The van der Waals surface area contributed by atoms with Gasteiger partial charge in [-0.15, -0.1) is 0 Å². The first-order valence-corrected chi connectivity index (χ1v) is 19.9. The minimum Gasteiger partial charge on any atom is -0.502 e. The fraction of sp³-hybridized carbons (Fsp3) is 0.522. The average Bonchev–Trinajstić information content (AvgIpc) is 3.17. The zero-order chi connectivity index (χ0) is 41.6. The lowest BCUT2D eigenvalue weighted by molar-refractivity contribution is -0.283. The first-order chi connectivity index (χ1) is 26.9. The largest absolute Gasteiger partial charge is 0.502 e. The molecule has 0 bridgehead atoms. The molecule has 1 N–H and O–H groups in total. The van der Waals surface area contributed by atoms with Gasteiger partial charge in [-0.3, -0.25) is 4.79 Å². The van der Waals surface area contributed by atoms with E-state index in [4.69, 9.17) is 37.6 Å². The molecular weight excluding hydrogens is 728 g/mol. The Kier molecular flexibility index (Phi) is 12.3. The molecule has 0 amide bonds. The van der Waals surface area contributed by atoms with Crippen LogP contribution in [0.4, 0.5) is 0 Å². The van der Waals surface area contributed by atoms with Gasteiger partial charge >= 0.3 is 5.97 Å². The van der Waals surface area contributed by atoms with Crippen molar-refractivity contribution >= 4 is 16.9 Å². The molecule has 0 saturated carbocycles. The van der Waals surface area contributed by atoms with Crippen LogP contribution in [0.2, 0.25) is 0 Å². The molecule has 0 radical (unpaired) electrons. The van der Waals surface area contributed by atoms with E-state index in [9.17, 15) is 14.7 Å². The van der Waals surface area contributed by atoms with E-state index in [-0.39, 0.29) is 59.2 Å². The number of ether oxygens (including phenoxy) is 7. The monoisotopic (exact) mass is 786 g/mol. The van der Waals surface area contributed by atoms with Crippen LogP contribution in [0, 0.1) is 64.2 Å². The van der Waals surface area contributed by atoms with Crippen molar-refractivity contribution < 1.29 is 47.5 Å². The number of rotatable bonds is 10. The molecule has 4 aromatic rings. The quantitative estimate of drug-likeness (QED) is 0.155. The Labute approximate surface area is 335 Å². The second kappa shape index (κ2) is 16.7. The van der Waals surface area contributed by atoms with E-state index in [0.717, 1.165) is 22.3 Å². The lowest BCUT2D eigenvalue weighted by atomic mass is 9.79. The molecule has 4 unspecified atom stereocenters. The summed E-state index contributed by atoms with van der Waals surface area (Å²) in [6, 6.07) is 10.4. The summed E-state index contributed by atoms with van der Waals surface area (Å²) in [7, 11) is 2.83. The smallest absolute Gasteiger partial charge is 0.338 e. The molecule has 308 valence electrons. The van der Waals surface area contributed by atoms with Crippen molar-refractivity contribution in [1.82, 2.24) is 0 Å². The van der Waals surface area contributed by atoms with Crippen LogP contribution in [0.25, 0.3) is 22.3 Å². The van der Waals surface area contributed by atoms with Gasteiger partial charge in [-0.25, -0.2) is 4.79 Å². The number of esters is 1. The van der Waals surface area contributed by atoms with Crippen molar-refractivity contribution in [3.8, 4) is 34.3 Å². The standard InChI is InChI=1S/C46H58O11/c1-21-14-24(4)38-34(15-21)54-42(32-18-35(50-12)39(47)36(19-32)51-13)43(40(38)48)57-46-41(56-44(49)33-16-22(2)25(5)23(3)17-33)29(9)28(8)37(55-46)20-52-45-30(10)26(6)27(7)31(11)53-45/h14-19,26-31,37,41,45-47H,20H2,1-13H3/t26?,27-,28-,29?,30+,31?,37?,41-,45-,46-/m1/s1. The summed E-state index contributed by atoms with van der Waals surface area (Å²) in [6.07, 6.45) is -3.17. The molecule has 2 saturated heterocycles. The zero-order valence-electron chi connectivity index (χ0n) is 35.5. The summed E-state index contributed by atoms with van der Waals surface area (Å²) in [5.41, 5.74) is 5.26. The molecule has 1 aromatic heterocycles. The Morgan fingerprint density at radius 2 is 1.37 bits per heavy atom. The SMILES string of the molecule is COc1cc(-c2oc3cc(C)cc(C)c3c(=O)c2O[C@H]2OC(CO[C@@H]3OC(C)[C@H](C)C(C)[C@@H]3C)[C@H](C)C(C)[C@H]2OC(=O)c2cc(C)c(C)c(C)c2)cc(OC)c1O. The van der Waals surface area contributed by atoms with Crippen molar-refractivity contribution in [3.05, 3.63) is 80.0 Å². The maximum Gasteiger partial charge on any atom is 0.338 e. The zero-order valence-corrected chi connectivity index (χ0v) is 35.5. The molecule has 2 aliphatic heterocycles. The van der Waals surface area contributed by atoms with Crippen molar-refractivity contribution in [2.75, 3.05) is 20.8 Å². The fourth-order valence-corrected chi connectivity index (χ4v) is 8.16. The Morgan fingerprint density at radius 3 is 1.98 bits per heavy atom. The number of phenolic OH excluding ortho intramolecular Hbond substituents is 1. The van der Waals surface area contributed by atoms with Gasteiger partial charge in [0.1, 0.15) is 5.58 Å². The van der Waals surface area contributed by atoms with Gasteiger partial charge in [-0.1, -0.05) is 40.7 Å². The summed E-state index contributed by atoms with van der Waals surface area (Å²) in [4.78, 5) is 28.7. The van der Waals surface area contributed by atoms with Crippen LogP contribution < -0.4 is 19.6 Å². The van der Waals surface area contributed by atoms with E-state index in [1.807, 2.05) is 66.7 Å². The van der Waals surface area contributed by atoms with Crippen molar-refractivity contribution in [1.29, 1.82) is 0 Å². The van der Waals surface area contributed by atoms with Gasteiger partial charge in [0, 0.05) is 17.4 Å². The van der Waals surface area contributed by atoms with Crippen LogP contribution in [0.15, 0.2) is 45.6 Å². The molecule has 0 spiro atoms. The Hall–Kier alpha value is -4.58. The van der Waals surface area contributed by atoms with Gasteiger partial charge in [-0.05, 0) is 117 Å². The Morgan fingerprint density at radius 1 is 0.737 bits per heavy atom. The topological polar surface area (TPSA) is 132 Å². The minimum absolute atomic E-state index is 0.0219. The molecule has 57 heavy (non-hydrogen) atoms. The maximum atomic E-state index is 14.7. The molecule has 0 aliphatic carbocycles. The van der Waals surface area contributed by atoms with E-state index in [2.05, 4.69) is 27.7 Å². The van der Waals surface area contributed by atoms with Crippen LogP contribution >= 0.6 is 0 Å². The molecular formula is C46H58O11. The van der Waals surface area contributed by atoms with E-state index in [1.54, 1.807) is 6.07 Å². The van der Waals surface area contributed by atoms with Crippen LogP contribution in [0.5, 0.6) is 23.0 Å². The van der Waals surface area contributed by atoms with E-state index in [1.165, 1.54) is 26.4 Å². The molecule has 11 nitrogen and oxygen atoms in total. The normalized spacial score (nSPS) is 27.6. The highest BCUT2D eigenvalue weighted by atomic mass is 16.7. The van der Waals surface area contributed by atoms with Crippen LogP contribution in [-0.2, 0) is 18.9 Å². The number of aryl methyl sites for hydroxylation is 4. The summed E-state index contributed by atoms with van der Waals surface area (Å²) in [5.74, 6) is -0.257. The number of hydrogen-bond donors (Lipinski definition) is 1. The number of methoxy groups -OCH3 is 2. The Bertz CT molecular complexity index is 2140. The molecule has 6 rings (SSSR count). The first-order valence-electron chi connectivity index (χ1n) is 19.9. The number of benzene rings is 3. The lowest BCUT2D eigenvalue weighted by Crippen LogP contribution is -2.55. The van der Waals surface area contributed by atoms with E-state index in [0.29, 0.717) is 39.5 Å². The van der Waals surface area contributed by atoms with Crippen LogP contribution in [0.3, 0.4) is 0 Å². The molecule has 11 heteroatoms. The minimum atomic E-state index is -1.27. The lowest BCUT2D eigenvalue weighted by Gasteiger charge is -2.45. The highest BCUT2D eigenvalue weighted by Crippen LogP contribution is 2.44. The highest BCUT2D eigenvalue weighted by Gasteiger charge is 2.47. The van der Waals surface area contributed by atoms with Crippen molar-refractivity contribution in [2.45, 2.75) is 107 Å². The van der Waals surface area contributed by atoms with Crippen molar-refractivity contribution in [2.24, 2.45) is 29.6 Å². The average molecular weight is 787 g/mol. The second-order valence-corrected chi connectivity index (χ2v) is 16.4. The maximum absolute atomic E-state index is 14.7. The summed E-state index contributed by atoms with van der Waals surface area (Å²) in [5, 5.41) is 11.1. The van der Waals surface area contributed by atoms with Crippen molar-refractivity contribution in [3.63, 3.8) is 0 Å². The second-order valence-electron chi connectivity index (χ2n) is 16.4. The van der Waals surface area contributed by atoms with Crippen LogP contribution in [-0.4, -0.2) is 62.8 Å². The van der Waals surface area contributed by atoms with Crippen LogP contribution in [0.1, 0.15) is 79.7 Å². The molecule has 10 atom stereocenters. The number of phenols is 1. The molecule has 3 aromatic carbocycles. The van der Waals surface area contributed by atoms with Gasteiger partial charge in [0.2, 0.25) is 23.2 Å². The predicted octanol–water partition coefficient (Wildman–Crippen LogP) is 9.00. The van der Waals surface area contributed by atoms with Gasteiger partial charge < -0.3 is 42.7 Å². The van der Waals surface area contributed by atoms with Gasteiger partial charge in [0.25, 0.3) is 0 Å². The number of carbonyl (C=O) groups is 1. The third-order valence-corrected chi connectivity index (χ3v) is 12.8. The third kappa shape index (κ3) is 8.11. The molecule has 3 heterocycles. The highest BCUT2D eigenvalue weighted by molar-refractivity contribution is 5.90. The third-order valence-electron chi connectivity index (χ3n) is 12.8. The number of carbonyl (C=O) groups excluding carboxylic acids is 1. The van der Waals surface area contributed by atoms with Gasteiger partial charge in [0.15, 0.2) is 29.7 Å². The Balaban J connectivity index is 1.45. The van der Waals surface area contributed by atoms with E-state index < -0.39 is 36.2 Å². The summed E-state index contributed by atoms with van der Waals surface area (Å²) in [6.45, 7) is 22.5. The summed E-state index contributed by atoms with van der Waals surface area (Å²) < 4.78 is 50.1. The number of fused-ring (bicyclic) bond motifs is 1. The summed E-state index contributed by atoms with van der Waals surface area (Å²) >= 11 is 0. The van der Waals surface area contributed by atoms with E-state index >= 15 is 0 Å². The molecule has 2 fully saturated rings. The molecule has 2 aliphatic rings.